The maximum Gasteiger partial charge on any atom is 0.214 e. The van der Waals surface area contributed by atoms with Gasteiger partial charge in [-0.15, -0.1) is 0 Å². The molecule has 1 fully saturated rings. The number of hydrogen-bond acceptors (Lipinski definition) is 2. The third kappa shape index (κ3) is 4.01. The minimum absolute atomic E-state index is 0.128. The van der Waals surface area contributed by atoms with Crippen LogP contribution in [-0.4, -0.2) is 37.2 Å². The zero-order valence-electron chi connectivity index (χ0n) is 10.6. The van der Waals surface area contributed by atoms with Crippen LogP contribution in [0.15, 0.2) is 0 Å². The van der Waals surface area contributed by atoms with E-state index in [1.807, 2.05) is 20.8 Å². The van der Waals surface area contributed by atoms with Crippen molar-refractivity contribution in [3.05, 3.63) is 0 Å². The molecule has 1 rings (SSSR count). The summed E-state index contributed by atoms with van der Waals surface area (Å²) >= 11 is 0. The van der Waals surface area contributed by atoms with Crippen molar-refractivity contribution in [3.8, 4) is 0 Å². The van der Waals surface area contributed by atoms with Crippen LogP contribution in [0.4, 0.5) is 4.39 Å². The lowest BCUT2D eigenvalue weighted by Gasteiger charge is -2.34. The van der Waals surface area contributed by atoms with Crippen molar-refractivity contribution in [1.82, 2.24) is 4.31 Å². The molecule has 0 aromatic carbocycles. The van der Waals surface area contributed by atoms with E-state index >= 15 is 0 Å². The second-order valence-corrected chi connectivity index (χ2v) is 8.10. The van der Waals surface area contributed by atoms with Gasteiger partial charge in [0.15, 0.2) is 0 Å². The average Bonchev–Trinajstić information content (AvgIpc) is 1.98. The van der Waals surface area contributed by atoms with Gasteiger partial charge < -0.3 is 0 Å². The van der Waals surface area contributed by atoms with Crippen molar-refractivity contribution >= 4 is 10.0 Å². The Morgan fingerprint density at radius 1 is 1.25 bits per heavy atom. The maximum atomic E-state index is 13.5. The highest BCUT2D eigenvalue weighted by molar-refractivity contribution is 7.89. The molecule has 0 aliphatic carbocycles. The van der Waals surface area contributed by atoms with Crippen LogP contribution in [0.25, 0.3) is 0 Å². The van der Waals surface area contributed by atoms with Gasteiger partial charge in [0.2, 0.25) is 10.0 Å². The van der Waals surface area contributed by atoms with Crippen molar-refractivity contribution in [2.75, 3.05) is 18.8 Å². The van der Waals surface area contributed by atoms with Gasteiger partial charge in [0, 0.05) is 13.1 Å². The molecule has 0 aromatic rings. The van der Waals surface area contributed by atoms with Gasteiger partial charge in [-0.1, -0.05) is 20.8 Å². The molecule has 1 heterocycles. The summed E-state index contributed by atoms with van der Waals surface area (Å²) < 4.78 is 39.0. The topological polar surface area (TPSA) is 37.4 Å². The molecule has 0 radical (unpaired) electrons. The number of rotatable bonds is 2. The highest BCUT2D eigenvalue weighted by atomic mass is 32.2. The summed E-state index contributed by atoms with van der Waals surface area (Å²) in [6, 6.07) is 0. The van der Waals surface area contributed by atoms with Gasteiger partial charge >= 0.3 is 0 Å². The molecule has 96 valence electrons. The molecule has 1 aliphatic heterocycles. The fraction of sp³-hybridized carbons (Fsp3) is 1.00. The Bertz CT molecular complexity index is 333. The van der Waals surface area contributed by atoms with Gasteiger partial charge in [0.05, 0.1) is 5.75 Å². The van der Waals surface area contributed by atoms with Crippen LogP contribution in [0.5, 0.6) is 0 Å². The second-order valence-electron chi connectivity index (χ2n) is 6.13. The highest BCUT2D eigenvalue weighted by Crippen LogP contribution is 2.28. The molecular weight excluding hydrogens is 229 g/mol. The van der Waals surface area contributed by atoms with E-state index < -0.39 is 15.7 Å². The summed E-state index contributed by atoms with van der Waals surface area (Å²) in [7, 11) is -3.22. The lowest BCUT2D eigenvalue weighted by atomic mass is 9.97. The van der Waals surface area contributed by atoms with Crippen molar-refractivity contribution in [2.45, 2.75) is 46.2 Å². The largest absolute Gasteiger partial charge is 0.244 e. The van der Waals surface area contributed by atoms with Crippen LogP contribution in [0.1, 0.15) is 40.5 Å². The maximum absolute atomic E-state index is 13.5. The van der Waals surface area contributed by atoms with E-state index in [0.717, 1.165) is 0 Å². The van der Waals surface area contributed by atoms with E-state index in [4.69, 9.17) is 0 Å². The number of piperidine rings is 1. The van der Waals surface area contributed by atoms with Gasteiger partial charge in [-0.25, -0.2) is 17.1 Å². The summed E-state index contributed by atoms with van der Waals surface area (Å²) in [5.74, 6) is 0.128. The first kappa shape index (κ1) is 13.9. The van der Waals surface area contributed by atoms with Crippen LogP contribution in [0, 0.1) is 5.41 Å². The van der Waals surface area contributed by atoms with Gasteiger partial charge in [-0.3, -0.25) is 0 Å². The van der Waals surface area contributed by atoms with E-state index in [0.29, 0.717) is 25.9 Å². The molecule has 0 bridgehead atoms. The van der Waals surface area contributed by atoms with Crippen molar-refractivity contribution in [3.63, 3.8) is 0 Å². The summed E-state index contributed by atoms with van der Waals surface area (Å²) in [6.45, 7) is 7.85. The summed E-state index contributed by atoms with van der Waals surface area (Å²) in [6.07, 6.45) is 0.604. The van der Waals surface area contributed by atoms with Crippen molar-refractivity contribution in [1.29, 1.82) is 0 Å². The van der Waals surface area contributed by atoms with Crippen molar-refractivity contribution < 1.29 is 12.8 Å². The Kier molecular flexibility index (Phi) is 3.70. The SMILES string of the molecule is CC(C)(C)CS(=O)(=O)N1CCC(C)(F)CC1. The third-order valence-electron chi connectivity index (χ3n) is 2.77. The summed E-state index contributed by atoms with van der Waals surface area (Å²) in [5, 5.41) is 0. The zero-order valence-corrected chi connectivity index (χ0v) is 11.4. The first-order valence-corrected chi connectivity index (χ1v) is 7.30. The first-order valence-electron chi connectivity index (χ1n) is 5.69. The monoisotopic (exact) mass is 251 g/mol. The highest BCUT2D eigenvalue weighted by Gasteiger charge is 2.36. The van der Waals surface area contributed by atoms with Crippen LogP contribution >= 0.6 is 0 Å². The predicted molar refractivity (Wildman–Crippen MR) is 63.6 cm³/mol. The van der Waals surface area contributed by atoms with E-state index in [1.54, 1.807) is 6.92 Å². The molecular formula is C11H22FNO2S. The standard InChI is InChI=1S/C11H22FNO2S/c1-10(2,3)9-16(14,15)13-7-5-11(4,12)6-8-13/h5-9H2,1-4H3. The molecule has 1 aliphatic rings. The second kappa shape index (κ2) is 4.26. The molecule has 3 nitrogen and oxygen atoms in total. The Morgan fingerprint density at radius 3 is 2.06 bits per heavy atom. The molecule has 1 saturated heterocycles. The van der Waals surface area contributed by atoms with Crippen LogP contribution in [0.2, 0.25) is 0 Å². The molecule has 0 amide bonds. The number of alkyl halides is 1. The molecule has 0 atom stereocenters. The van der Waals surface area contributed by atoms with E-state index in [-0.39, 0.29) is 11.2 Å². The molecule has 0 N–H and O–H groups in total. The average molecular weight is 251 g/mol. The molecule has 0 saturated carbocycles. The normalized spacial score (nSPS) is 23.3. The van der Waals surface area contributed by atoms with E-state index in [9.17, 15) is 12.8 Å². The van der Waals surface area contributed by atoms with Crippen LogP contribution in [-0.2, 0) is 10.0 Å². The Hall–Kier alpha value is -0.160. The minimum Gasteiger partial charge on any atom is -0.244 e. The number of hydrogen-bond donors (Lipinski definition) is 0. The van der Waals surface area contributed by atoms with Crippen LogP contribution in [0.3, 0.4) is 0 Å². The quantitative estimate of drug-likeness (QED) is 0.754. The van der Waals surface area contributed by atoms with E-state index in [1.165, 1.54) is 4.31 Å². The van der Waals surface area contributed by atoms with Gasteiger partial charge in [0.25, 0.3) is 0 Å². The van der Waals surface area contributed by atoms with Gasteiger partial charge in [0.1, 0.15) is 5.67 Å². The third-order valence-corrected chi connectivity index (χ3v) is 5.16. The predicted octanol–water partition coefficient (Wildman–Crippen LogP) is 2.19. The molecule has 0 spiro atoms. The lowest BCUT2D eigenvalue weighted by Crippen LogP contribution is -2.45. The fourth-order valence-electron chi connectivity index (χ4n) is 1.87. The van der Waals surface area contributed by atoms with Crippen LogP contribution < -0.4 is 0 Å². The van der Waals surface area contributed by atoms with Gasteiger partial charge in [-0.2, -0.15) is 0 Å². The number of halogens is 1. The summed E-state index contributed by atoms with van der Waals surface area (Å²) in [5.41, 5.74) is -1.46. The van der Waals surface area contributed by atoms with Gasteiger partial charge in [-0.05, 0) is 25.2 Å². The molecule has 5 heteroatoms. The van der Waals surface area contributed by atoms with Crippen molar-refractivity contribution in [2.24, 2.45) is 5.41 Å². The Morgan fingerprint density at radius 2 is 1.69 bits per heavy atom. The number of nitrogens with zero attached hydrogens (tertiary/aromatic N) is 1. The molecule has 0 aromatic heterocycles. The lowest BCUT2D eigenvalue weighted by molar-refractivity contribution is 0.108. The van der Waals surface area contributed by atoms with E-state index in [2.05, 4.69) is 0 Å². The Balaban J connectivity index is 2.66. The Labute approximate surface area is 98.1 Å². The fourth-order valence-corrected chi connectivity index (χ4v) is 3.88. The summed E-state index contributed by atoms with van der Waals surface area (Å²) in [4.78, 5) is 0. The molecule has 0 unspecified atom stereocenters. The minimum atomic E-state index is -3.22. The smallest absolute Gasteiger partial charge is 0.214 e. The molecule has 16 heavy (non-hydrogen) atoms. The zero-order chi connectivity index (χ0) is 12.6. The first-order chi connectivity index (χ1) is 7.02. The number of sulfonamides is 1.